The average Bonchev–Trinajstić information content (AvgIpc) is 2.21. The van der Waals surface area contributed by atoms with Crippen molar-refractivity contribution in [1.29, 1.82) is 0 Å². The molecule has 3 N–H and O–H groups in total. The molecule has 1 rings (SSSR count). The summed E-state index contributed by atoms with van der Waals surface area (Å²) in [5.41, 5.74) is 6.36. The second-order valence-corrected chi connectivity index (χ2v) is 3.95. The zero-order valence-electron chi connectivity index (χ0n) is 8.34. The third-order valence-electron chi connectivity index (χ3n) is 2.11. The fraction of sp³-hybridized carbons (Fsp3) is 0.400. The Kier molecular flexibility index (Phi) is 4.50. The van der Waals surface area contributed by atoms with Crippen LogP contribution in [-0.2, 0) is 0 Å². The van der Waals surface area contributed by atoms with E-state index in [9.17, 15) is 4.39 Å². The Bertz CT molecular complexity index is 346. The lowest BCUT2D eigenvalue weighted by Gasteiger charge is -2.17. The van der Waals surface area contributed by atoms with E-state index in [4.69, 9.17) is 15.6 Å². The number of halogens is 2. The van der Waals surface area contributed by atoms with E-state index in [0.717, 1.165) is 0 Å². The molecule has 0 aromatic heterocycles. The molecule has 15 heavy (non-hydrogen) atoms. The zero-order valence-corrected chi connectivity index (χ0v) is 9.92. The molecule has 1 atom stereocenters. The topological polar surface area (TPSA) is 55.5 Å². The van der Waals surface area contributed by atoms with Gasteiger partial charge in [-0.3, -0.25) is 0 Å². The number of hydrogen-bond donors (Lipinski definition) is 2. The van der Waals surface area contributed by atoms with Gasteiger partial charge in [0, 0.05) is 22.7 Å². The largest absolute Gasteiger partial charge is 0.493 e. The maximum absolute atomic E-state index is 13.4. The van der Waals surface area contributed by atoms with Crippen LogP contribution in [0.3, 0.4) is 0 Å². The van der Waals surface area contributed by atoms with Crippen molar-refractivity contribution >= 4 is 15.9 Å². The van der Waals surface area contributed by atoms with Crippen molar-refractivity contribution in [1.82, 2.24) is 0 Å². The van der Waals surface area contributed by atoms with E-state index in [1.165, 1.54) is 13.2 Å². The van der Waals surface area contributed by atoms with Crippen molar-refractivity contribution in [2.24, 2.45) is 5.73 Å². The summed E-state index contributed by atoms with van der Waals surface area (Å²) in [7, 11) is 1.39. The fourth-order valence-corrected chi connectivity index (χ4v) is 1.99. The summed E-state index contributed by atoms with van der Waals surface area (Å²) in [6.07, 6.45) is 0.360. The summed E-state index contributed by atoms with van der Waals surface area (Å²) in [4.78, 5) is 0. The summed E-state index contributed by atoms with van der Waals surface area (Å²) < 4.78 is 19.0. The van der Waals surface area contributed by atoms with Gasteiger partial charge in [0.2, 0.25) is 0 Å². The van der Waals surface area contributed by atoms with Gasteiger partial charge in [-0.1, -0.05) is 15.9 Å². The van der Waals surface area contributed by atoms with Crippen molar-refractivity contribution in [3.05, 3.63) is 28.0 Å². The maximum Gasteiger partial charge on any atom is 0.165 e. The van der Waals surface area contributed by atoms with E-state index in [1.807, 2.05) is 0 Å². The van der Waals surface area contributed by atoms with Crippen LogP contribution in [0.4, 0.5) is 4.39 Å². The third kappa shape index (κ3) is 2.68. The van der Waals surface area contributed by atoms with Crippen molar-refractivity contribution in [2.75, 3.05) is 13.7 Å². The Morgan fingerprint density at radius 3 is 2.80 bits per heavy atom. The Morgan fingerprint density at radius 2 is 2.27 bits per heavy atom. The SMILES string of the molecule is COc1c(F)ccc(Br)c1C(N)CCO. The molecule has 0 spiro atoms. The summed E-state index contributed by atoms with van der Waals surface area (Å²) >= 11 is 3.28. The molecule has 0 aliphatic carbocycles. The molecule has 1 aromatic carbocycles. The monoisotopic (exact) mass is 277 g/mol. The Morgan fingerprint density at radius 1 is 1.60 bits per heavy atom. The van der Waals surface area contributed by atoms with Gasteiger partial charge in [-0.05, 0) is 18.6 Å². The van der Waals surface area contributed by atoms with E-state index in [-0.39, 0.29) is 12.4 Å². The molecule has 0 saturated carbocycles. The lowest BCUT2D eigenvalue weighted by Crippen LogP contribution is -2.14. The summed E-state index contributed by atoms with van der Waals surface area (Å²) in [5, 5.41) is 8.79. The molecule has 0 aliphatic heterocycles. The minimum atomic E-state index is -0.455. The lowest BCUT2D eigenvalue weighted by atomic mass is 10.0. The van der Waals surface area contributed by atoms with Crippen LogP contribution in [0.5, 0.6) is 5.75 Å². The van der Waals surface area contributed by atoms with Gasteiger partial charge >= 0.3 is 0 Å². The smallest absolute Gasteiger partial charge is 0.165 e. The van der Waals surface area contributed by atoms with Crippen LogP contribution in [0.25, 0.3) is 0 Å². The van der Waals surface area contributed by atoms with Crippen LogP contribution in [0.2, 0.25) is 0 Å². The molecule has 5 heteroatoms. The number of ether oxygens (including phenoxy) is 1. The van der Waals surface area contributed by atoms with Crippen molar-refractivity contribution in [2.45, 2.75) is 12.5 Å². The number of nitrogens with two attached hydrogens (primary N) is 1. The minimum Gasteiger partial charge on any atom is -0.493 e. The summed E-state index contributed by atoms with van der Waals surface area (Å²) in [5.74, 6) is -0.325. The minimum absolute atomic E-state index is 0.0483. The molecule has 0 bridgehead atoms. The molecular weight excluding hydrogens is 265 g/mol. The van der Waals surface area contributed by atoms with E-state index >= 15 is 0 Å². The van der Waals surface area contributed by atoms with E-state index in [1.54, 1.807) is 6.07 Å². The standard InChI is InChI=1S/C10H13BrFNO2/c1-15-10-7(12)3-2-6(11)9(10)8(13)4-5-14/h2-3,8,14H,4-5,13H2,1H3. The molecule has 1 aromatic rings. The molecule has 3 nitrogen and oxygen atoms in total. The van der Waals surface area contributed by atoms with E-state index in [2.05, 4.69) is 15.9 Å². The Balaban J connectivity index is 3.18. The summed E-state index contributed by atoms with van der Waals surface area (Å²) in [6, 6.07) is 2.43. The predicted octanol–water partition coefficient (Wildman–Crippen LogP) is 1.98. The predicted molar refractivity (Wildman–Crippen MR) is 59.3 cm³/mol. The molecule has 0 saturated heterocycles. The molecular formula is C10H13BrFNO2. The van der Waals surface area contributed by atoms with Crippen LogP contribution < -0.4 is 10.5 Å². The van der Waals surface area contributed by atoms with Gasteiger partial charge in [-0.25, -0.2) is 4.39 Å². The first-order chi connectivity index (χ1) is 7.11. The lowest BCUT2D eigenvalue weighted by molar-refractivity contribution is 0.274. The number of hydrogen-bond acceptors (Lipinski definition) is 3. The van der Waals surface area contributed by atoms with Gasteiger partial charge in [0.1, 0.15) is 0 Å². The first-order valence-corrected chi connectivity index (χ1v) is 5.29. The van der Waals surface area contributed by atoms with E-state index in [0.29, 0.717) is 16.5 Å². The van der Waals surface area contributed by atoms with E-state index < -0.39 is 11.9 Å². The number of benzene rings is 1. The highest BCUT2D eigenvalue weighted by Gasteiger charge is 2.18. The third-order valence-corrected chi connectivity index (χ3v) is 2.80. The first-order valence-electron chi connectivity index (χ1n) is 4.50. The van der Waals surface area contributed by atoms with Gasteiger partial charge in [0.25, 0.3) is 0 Å². The highest BCUT2D eigenvalue weighted by Crippen LogP contribution is 2.34. The Labute approximate surface area is 96.2 Å². The van der Waals surface area contributed by atoms with Gasteiger partial charge in [-0.2, -0.15) is 0 Å². The van der Waals surface area contributed by atoms with Crippen molar-refractivity contribution in [3.8, 4) is 5.75 Å². The van der Waals surface area contributed by atoms with Crippen LogP contribution >= 0.6 is 15.9 Å². The Hall–Kier alpha value is -0.650. The second kappa shape index (κ2) is 5.44. The number of rotatable bonds is 4. The van der Waals surface area contributed by atoms with Crippen LogP contribution in [-0.4, -0.2) is 18.8 Å². The van der Waals surface area contributed by atoms with Crippen LogP contribution in [0, 0.1) is 5.82 Å². The van der Waals surface area contributed by atoms with Crippen LogP contribution in [0.15, 0.2) is 16.6 Å². The molecule has 0 amide bonds. The maximum atomic E-state index is 13.4. The quantitative estimate of drug-likeness (QED) is 0.885. The first kappa shape index (κ1) is 12.4. The molecule has 0 heterocycles. The van der Waals surface area contributed by atoms with Crippen LogP contribution in [0.1, 0.15) is 18.0 Å². The highest BCUT2D eigenvalue weighted by molar-refractivity contribution is 9.10. The van der Waals surface area contributed by atoms with Gasteiger partial charge in [0.15, 0.2) is 11.6 Å². The molecule has 1 unspecified atom stereocenters. The average molecular weight is 278 g/mol. The molecule has 0 radical (unpaired) electrons. The molecule has 0 aliphatic rings. The van der Waals surface area contributed by atoms with Gasteiger partial charge in [-0.15, -0.1) is 0 Å². The summed E-state index contributed by atoms with van der Waals surface area (Å²) in [6.45, 7) is -0.0483. The van der Waals surface area contributed by atoms with Gasteiger partial charge < -0.3 is 15.6 Å². The van der Waals surface area contributed by atoms with Crippen molar-refractivity contribution < 1.29 is 14.2 Å². The number of methoxy groups -OCH3 is 1. The van der Waals surface area contributed by atoms with Gasteiger partial charge in [0.05, 0.1) is 7.11 Å². The van der Waals surface area contributed by atoms with Crippen molar-refractivity contribution in [3.63, 3.8) is 0 Å². The normalized spacial score (nSPS) is 12.6. The highest BCUT2D eigenvalue weighted by atomic mass is 79.9. The molecule has 0 fully saturated rings. The number of aliphatic hydroxyl groups is 1. The second-order valence-electron chi connectivity index (χ2n) is 3.09. The zero-order chi connectivity index (χ0) is 11.4. The molecule has 84 valence electrons. The fourth-order valence-electron chi connectivity index (χ4n) is 1.39. The number of aliphatic hydroxyl groups excluding tert-OH is 1.